The van der Waals surface area contributed by atoms with Crippen LogP contribution in [0.15, 0.2) is 71.8 Å². The van der Waals surface area contributed by atoms with E-state index in [4.69, 9.17) is 0 Å². The van der Waals surface area contributed by atoms with Crippen LogP contribution in [0.2, 0.25) is 0 Å². The lowest BCUT2D eigenvalue weighted by atomic mass is 10.00. The first-order chi connectivity index (χ1) is 16.5. The average Bonchev–Trinajstić information content (AvgIpc) is 2.86. The lowest BCUT2D eigenvalue weighted by Crippen LogP contribution is -2.45. The SMILES string of the molecule is Cc1ccc(/C=N\NC(=O)c2ccc(CN3CCN(Cc4ccccc4)CC3)cc2)c(C)c1C. The smallest absolute Gasteiger partial charge is 0.271 e. The van der Waals surface area contributed by atoms with Crippen molar-refractivity contribution >= 4 is 12.1 Å². The highest BCUT2D eigenvalue weighted by Crippen LogP contribution is 2.16. The Morgan fingerprint density at radius 1 is 0.794 bits per heavy atom. The summed E-state index contributed by atoms with van der Waals surface area (Å²) in [5.41, 5.74) is 10.6. The van der Waals surface area contributed by atoms with E-state index in [1.165, 1.54) is 27.8 Å². The van der Waals surface area contributed by atoms with Gasteiger partial charge in [-0.05, 0) is 66.3 Å². The Bertz CT molecular complexity index is 1130. The molecule has 0 saturated carbocycles. The molecule has 1 amide bonds. The Balaban J connectivity index is 1.25. The van der Waals surface area contributed by atoms with Gasteiger partial charge in [0, 0.05) is 44.8 Å². The lowest BCUT2D eigenvalue weighted by molar-refractivity contribution is 0.0955. The summed E-state index contributed by atoms with van der Waals surface area (Å²) in [5, 5.41) is 4.17. The molecule has 1 aliphatic heterocycles. The highest BCUT2D eigenvalue weighted by molar-refractivity contribution is 5.95. The zero-order valence-corrected chi connectivity index (χ0v) is 20.4. The number of hydrazone groups is 1. The number of amides is 1. The normalized spacial score (nSPS) is 15.0. The first-order valence-electron chi connectivity index (χ1n) is 12.0. The highest BCUT2D eigenvalue weighted by Gasteiger charge is 2.17. The van der Waals surface area contributed by atoms with Gasteiger partial charge in [-0.2, -0.15) is 5.10 Å². The molecule has 1 saturated heterocycles. The minimum Gasteiger partial charge on any atom is -0.297 e. The molecule has 1 fully saturated rings. The maximum atomic E-state index is 12.5. The number of benzene rings is 3. The van der Waals surface area contributed by atoms with Crippen LogP contribution >= 0.6 is 0 Å². The van der Waals surface area contributed by atoms with E-state index in [0.29, 0.717) is 5.56 Å². The minimum absolute atomic E-state index is 0.196. The van der Waals surface area contributed by atoms with Crippen molar-refractivity contribution in [2.24, 2.45) is 5.10 Å². The second-order valence-electron chi connectivity index (χ2n) is 9.16. The van der Waals surface area contributed by atoms with Gasteiger partial charge in [0.25, 0.3) is 5.91 Å². The van der Waals surface area contributed by atoms with Gasteiger partial charge in [-0.25, -0.2) is 5.43 Å². The highest BCUT2D eigenvalue weighted by atomic mass is 16.2. The maximum absolute atomic E-state index is 12.5. The molecule has 5 nitrogen and oxygen atoms in total. The lowest BCUT2D eigenvalue weighted by Gasteiger charge is -2.34. The van der Waals surface area contributed by atoms with Gasteiger partial charge in [0.1, 0.15) is 0 Å². The van der Waals surface area contributed by atoms with E-state index >= 15 is 0 Å². The largest absolute Gasteiger partial charge is 0.297 e. The summed E-state index contributed by atoms with van der Waals surface area (Å²) < 4.78 is 0. The molecule has 0 aromatic heterocycles. The summed E-state index contributed by atoms with van der Waals surface area (Å²) in [6.07, 6.45) is 1.71. The second-order valence-corrected chi connectivity index (χ2v) is 9.16. The first kappa shape index (κ1) is 23.9. The number of nitrogens with zero attached hydrogens (tertiary/aromatic N) is 3. The first-order valence-corrected chi connectivity index (χ1v) is 12.0. The van der Waals surface area contributed by atoms with Gasteiger partial charge in [-0.1, -0.05) is 54.6 Å². The molecule has 0 radical (unpaired) electrons. The van der Waals surface area contributed by atoms with Crippen LogP contribution in [0.5, 0.6) is 0 Å². The number of hydrogen-bond acceptors (Lipinski definition) is 4. The fraction of sp³-hybridized carbons (Fsp3) is 0.310. The summed E-state index contributed by atoms with van der Waals surface area (Å²) >= 11 is 0. The Morgan fingerprint density at radius 2 is 1.38 bits per heavy atom. The van der Waals surface area contributed by atoms with Crippen molar-refractivity contribution in [2.75, 3.05) is 26.2 Å². The summed E-state index contributed by atoms with van der Waals surface area (Å²) in [6, 6.07) is 22.6. The molecule has 0 unspecified atom stereocenters. The molecule has 4 rings (SSSR count). The molecular weight excluding hydrogens is 420 g/mol. The number of piperazine rings is 1. The van der Waals surface area contributed by atoms with Gasteiger partial charge in [-0.15, -0.1) is 0 Å². The fourth-order valence-electron chi connectivity index (χ4n) is 4.31. The van der Waals surface area contributed by atoms with Crippen molar-refractivity contribution in [3.63, 3.8) is 0 Å². The number of carbonyl (C=O) groups is 1. The molecule has 3 aromatic rings. The number of aryl methyl sites for hydroxylation is 1. The molecule has 0 spiro atoms. The van der Waals surface area contributed by atoms with Crippen molar-refractivity contribution in [1.82, 2.24) is 15.2 Å². The van der Waals surface area contributed by atoms with E-state index < -0.39 is 0 Å². The summed E-state index contributed by atoms with van der Waals surface area (Å²) in [4.78, 5) is 17.5. The van der Waals surface area contributed by atoms with Crippen molar-refractivity contribution in [3.8, 4) is 0 Å². The van der Waals surface area contributed by atoms with Gasteiger partial charge in [0.2, 0.25) is 0 Å². The van der Waals surface area contributed by atoms with Crippen LogP contribution in [-0.2, 0) is 13.1 Å². The number of rotatable bonds is 7. The Hall–Kier alpha value is -3.28. The quantitative estimate of drug-likeness (QED) is 0.416. The second kappa shape index (κ2) is 11.2. The van der Waals surface area contributed by atoms with Crippen LogP contribution in [0.1, 0.15) is 43.7 Å². The zero-order valence-electron chi connectivity index (χ0n) is 20.4. The van der Waals surface area contributed by atoms with Crippen molar-refractivity contribution < 1.29 is 4.79 Å². The molecule has 0 atom stereocenters. The van der Waals surface area contributed by atoms with E-state index in [-0.39, 0.29) is 5.91 Å². The van der Waals surface area contributed by atoms with Crippen LogP contribution in [0, 0.1) is 20.8 Å². The fourth-order valence-corrected chi connectivity index (χ4v) is 4.31. The molecule has 1 N–H and O–H groups in total. The third kappa shape index (κ3) is 6.19. The molecule has 1 aliphatic rings. The molecule has 1 heterocycles. The van der Waals surface area contributed by atoms with Crippen LogP contribution in [0.4, 0.5) is 0 Å². The van der Waals surface area contributed by atoms with Crippen LogP contribution in [0.3, 0.4) is 0 Å². The van der Waals surface area contributed by atoms with Crippen molar-refractivity contribution in [1.29, 1.82) is 0 Å². The average molecular weight is 455 g/mol. The van der Waals surface area contributed by atoms with Crippen LogP contribution in [0.25, 0.3) is 0 Å². The Morgan fingerprint density at radius 3 is 2.00 bits per heavy atom. The van der Waals surface area contributed by atoms with Gasteiger partial charge in [-0.3, -0.25) is 14.6 Å². The molecule has 3 aromatic carbocycles. The van der Waals surface area contributed by atoms with Gasteiger partial charge in [0.05, 0.1) is 6.21 Å². The van der Waals surface area contributed by atoms with Crippen molar-refractivity contribution in [3.05, 3.63) is 106 Å². The number of hydrogen-bond donors (Lipinski definition) is 1. The standard InChI is InChI=1S/C29H34N4O/c1-22-9-12-28(24(3)23(22)2)19-30-31-29(34)27-13-10-26(11-14-27)21-33-17-15-32(16-18-33)20-25-7-5-4-6-8-25/h4-14,19H,15-18,20-21H2,1-3H3,(H,31,34)/b30-19-. The molecule has 0 aliphatic carbocycles. The topological polar surface area (TPSA) is 47.9 Å². The summed E-state index contributed by atoms with van der Waals surface area (Å²) in [7, 11) is 0. The van der Waals surface area contributed by atoms with E-state index in [1.807, 2.05) is 30.3 Å². The van der Waals surface area contributed by atoms with E-state index in [0.717, 1.165) is 44.8 Å². The number of nitrogens with one attached hydrogen (secondary N) is 1. The third-order valence-electron chi connectivity index (χ3n) is 6.81. The van der Waals surface area contributed by atoms with Crippen molar-refractivity contribution in [2.45, 2.75) is 33.9 Å². The van der Waals surface area contributed by atoms with Gasteiger partial charge in [0.15, 0.2) is 0 Å². The predicted octanol–water partition coefficient (Wildman–Crippen LogP) is 4.69. The number of carbonyl (C=O) groups excluding carboxylic acids is 1. The molecule has 176 valence electrons. The van der Waals surface area contributed by atoms with Crippen LogP contribution in [-0.4, -0.2) is 48.1 Å². The molecule has 0 bridgehead atoms. The molecule has 5 heteroatoms. The Labute approximate surface area is 203 Å². The monoisotopic (exact) mass is 454 g/mol. The zero-order chi connectivity index (χ0) is 23.9. The maximum Gasteiger partial charge on any atom is 0.271 e. The Kier molecular flexibility index (Phi) is 7.88. The summed E-state index contributed by atoms with van der Waals surface area (Å²) in [5.74, 6) is -0.196. The molecule has 34 heavy (non-hydrogen) atoms. The van der Waals surface area contributed by atoms with E-state index in [9.17, 15) is 4.79 Å². The minimum atomic E-state index is -0.196. The third-order valence-corrected chi connectivity index (χ3v) is 6.81. The van der Waals surface area contributed by atoms with E-state index in [2.05, 4.69) is 77.5 Å². The van der Waals surface area contributed by atoms with Crippen LogP contribution < -0.4 is 5.43 Å². The summed E-state index contributed by atoms with van der Waals surface area (Å²) in [6.45, 7) is 12.5. The van der Waals surface area contributed by atoms with Gasteiger partial charge < -0.3 is 0 Å². The van der Waals surface area contributed by atoms with E-state index in [1.54, 1.807) is 6.21 Å². The predicted molar refractivity (Wildman–Crippen MR) is 139 cm³/mol. The molecular formula is C29H34N4O. The van der Waals surface area contributed by atoms with Gasteiger partial charge >= 0.3 is 0 Å².